The van der Waals surface area contributed by atoms with Gasteiger partial charge in [0.15, 0.2) is 0 Å². The van der Waals surface area contributed by atoms with Crippen LogP contribution in [0.5, 0.6) is 0 Å². The Balaban J connectivity index is 2.00. The Morgan fingerprint density at radius 1 is 1.29 bits per heavy atom. The summed E-state index contributed by atoms with van der Waals surface area (Å²) in [5.41, 5.74) is 0.827. The summed E-state index contributed by atoms with van der Waals surface area (Å²) in [6.45, 7) is 4.82. The van der Waals surface area contributed by atoms with Gasteiger partial charge in [0.05, 0.1) is 11.2 Å². The lowest BCUT2D eigenvalue weighted by Crippen LogP contribution is -2.59. The van der Waals surface area contributed by atoms with E-state index < -0.39 is 0 Å². The Morgan fingerprint density at radius 2 is 1.96 bits per heavy atom. The van der Waals surface area contributed by atoms with Gasteiger partial charge in [-0.1, -0.05) is 0 Å². The van der Waals surface area contributed by atoms with Crippen molar-refractivity contribution in [1.29, 1.82) is 0 Å². The minimum absolute atomic E-state index is 0.163. The maximum absolute atomic E-state index is 14.3. The number of anilines is 2. The van der Waals surface area contributed by atoms with Crippen molar-refractivity contribution in [2.24, 2.45) is 0 Å². The number of carbonyl (C=O) groups is 1. The van der Waals surface area contributed by atoms with Crippen molar-refractivity contribution in [3.63, 3.8) is 0 Å². The third kappa shape index (κ3) is 4.38. The number of rotatable bonds is 6. The van der Waals surface area contributed by atoms with E-state index in [9.17, 15) is 9.18 Å². The molecule has 1 fully saturated rings. The van der Waals surface area contributed by atoms with Gasteiger partial charge in [0.1, 0.15) is 5.82 Å². The fourth-order valence-electron chi connectivity index (χ4n) is 3.08. The van der Waals surface area contributed by atoms with Gasteiger partial charge in [0.2, 0.25) is 0 Å². The van der Waals surface area contributed by atoms with Gasteiger partial charge in [-0.2, -0.15) is 0 Å². The number of nitrogens with one attached hydrogen (secondary N) is 2. The third-order valence-electron chi connectivity index (χ3n) is 4.67. The minimum atomic E-state index is -0.337. The Kier molecular flexibility index (Phi) is 5.70. The van der Waals surface area contributed by atoms with Crippen LogP contribution in [0.15, 0.2) is 18.2 Å². The van der Waals surface area contributed by atoms with Crippen molar-refractivity contribution in [3.8, 4) is 0 Å². The van der Waals surface area contributed by atoms with Gasteiger partial charge in [-0.3, -0.25) is 0 Å². The highest BCUT2D eigenvalue weighted by molar-refractivity contribution is 5.90. The molecule has 1 aromatic rings. The SMILES string of the molecule is CC(C)N(C)c1ccc(NC(=O)NC2(CN(C)C)CCC2)cc1F. The topological polar surface area (TPSA) is 47.6 Å². The smallest absolute Gasteiger partial charge is 0.319 e. The van der Waals surface area contributed by atoms with Gasteiger partial charge < -0.3 is 20.4 Å². The molecule has 0 aromatic heterocycles. The summed E-state index contributed by atoms with van der Waals surface area (Å²) < 4.78 is 14.3. The summed E-state index contributed by atoms with van der Waals surface area (Å²) in [6.07, 6.45) is 3.08. The number of hydrogen-bond donors (Lipinski definition) is 2. The highest BCUT2D eigenvalue weighted by atomic mass is 19.1. The number of carbonyl (C=O) groups excluding carboxylic acids is 1. The number of benzene rings is 1. The summed E-state index contributed by atoms with van der Waals surface area (Å²) in [4.78, 5) is 16.2. The second-order valence-electron chi connectivity index (χ2n) is 7.32. The molecule has 2 N–H and O–H groups in total. The van der Waals surface area contributed by atoms with Crippen molar-refractivity contribution in [2.75, 3.05) is 37.9 Å². The fraction of sp³-hybridized carbons (Fsp3) is 0.611. The maximum Gasteiger partial charge on any atom is 0.319 e. The van der Waals surface area contributed by atoms with E-state index in [0.717, 1.165) is 25.8 Å². The van der Waals surface area contributed by atoms with Gasteiger partial charge in [-0.25, -0.2) is 9.18 Å². The summed E-state index contributed by atoms with van der Waals surface area (Å²) >= 11 is 0. The van der Waals surface area contributed by atoms with Gasteiger partial charge in [0, 0.05) is 25.3 Å². The van der Waals surface area contributed by atoms with Crippen LogP contribution in [-0.4, -0.2) is 50.2 Å². The fourth-order valence-corrected chi connectivity index (χ4v) is 3.08. The Hall–Kier alpha value is -1.82. The molecular weight excluding hydrogens is 307 g/mol. The number of urea groups is 1. The monoisotopic (exact) mass is 336 g/mol. The number of nitrogens with zero attached hydrogens (tertiary/aromatic N) is 2. The summed E-state index contributed by atoms with van der Waals surface area (Å²) in [6, 6.07) is 4.72. The van der Waals surface area contributed by atoms with E-state index in [0.29, 0.717) is 11.4 Å². The molecule has 0 unspecified atom stereocenters. The first-order valence-electron chi connectivity index (χ1n) is 8.49. The maximum atomic E-state index is 14.3. The molecule has 5 nitrogen and oxygen atoms in total. The lowest BCUT2D eigenvalue weighted by atomic mass is 9.76. The number of halogens is 1. The molecule has 0 radical (unpaired) electrons. The molecule has 2 amide bonds. The molecule has 0 saturated heterocycles. The Bertz CT molecular complexity index is 584. The van der Waals surface area contributed by atoms with E-state index in [1.165, 1.54) is 6.07 Å². The summed E-state index contributed by atoms with van der Waals surface area (Å²) in [5, 5.41) is 5.81. The molecule has 1 aliphatic carbocycles. The predicted molar refractivity (Wildman–Crippen MR) is 97.2 cm³/mol. The van der Waals surface area contributed by atoms with E-state index in [2.05, 4.69) is 15.5 Å². The molecule has 24 heavy (non-hydrogen) atoms. The third-order valence-corrected chi connectivity index (χ3v) is 4.67. The summed E-state index contributed by atoms with van der Waals surface area (Å²) in [7, 11) is 5.85. The quantitative estimate of drug-likeness (QED) is 0.838. The van der Waals surface area contributed by atoms with Crippen molar-refractivity contribution < 1.29 is 9.18 Å². The molecule has 0 bridgehead atoms. The first-order chi connectivity index (χ1) is 11.2. The van der Waals surface area contributed by atoms with E-state index >= 15 is 0 Å². The second-order valence-corrected chi connectivity index (χ2v) is 7.32. The van der Waals surface area contributed by atoms with Crippen molar-refractivity contribution >= 4 is 17.4 Å². The van der Waals surface area contributed by atoms with Gasteiger partial charge in [0.25, 0.3) is 0 Å². The Labute approximate surface area is 144 Å². The zero-order valence-corrected chi connectivity index (χ0v) is 15.3. The first-order valence-corrected chi connectivity index (χ1v) is 8.49. The van der Waals surface area contributed by atoms with E-state index in [-0.39, 0.29) is 23.4 Å². The molecule has 0 aliphatic heterocycles. The zero-order chi connectivity index (χ0) is 17.9. The van der Waals surface area contributed by atoms with Crippen molar-refractivity contribution in [3.05, 3.63) is 24.0 Å². The molecule has 1 aromatic carbocycles. The highest BCUT2D eigenvalue weighted by Crippen LogP contribution is 2.32. The van der Waals surface area contributed by atoms with Crippen LogP contribution in [-0.2, 0) is 0 Å². The van der Waals surface area contributed by atoms with Gasteiger partial charge >= 0.3 is 6.03 Å². The van der Waals surface area contributed by atoms with Gasteiger partial charge in [-0.15, -0.1) is 0 Å². The van der Waals surface area contributed by atoms with Gasteiger partial charge in [-0.05, 0) is 65.4 Å². The zero-order valence-electron chi connectivity index (χ0n) is 15.3. The molecule has 134 valence electrons. The lowest BCUT2D eigenvalue weighted by Gasteiger charge is -2.44. The molecule has 6 heteroatoms. The van der Waals surface area contributed by atoms with Crippen LogP contribution in [0.25, 0.3) is 0 Å². The Morgan fingerprint density at radius 3 is 2.42 bits per heavy atom. The van der Waals surface area contributed by atoms with E-state index in [1.807, 2.05) is 39.9 Å². The highest BCUT2D eigenvalue weighted by Gasteiger charge is 2.38. The molecule has 1 aliphatic rings. The normalized spacial score (nSPS) is 16.0. The second kappa shape index (κ2) is 7.38. The van der Waals surface area contributed by atoms with Crippen LogP contribution in [0.2, 0.25) is 0 Å². The molecule has 0 atom stereocenters. The number of amides is 2. The molecule has 2 rings (SSSR count). The molecule has 1 saturated carbocycles. The van der Waals surface area contributed by atoms with E-state index in [4.69, 9.17) is 0 Å². The first kappa shape index (κ1) is 18.5. The largest absolute Gasteiger partial charge is 0.370 e. The van der Waals surface area contributed by atoms with Crippen LogP contribution in [0.3, 0.4) is 0 Å². The number of likely N-dealkylation sites (N-methyl/N-ethyl adjacent to an activating group) is 1. The van der Waals surface area contributed by atoms with E-state index in [1.54, 1.807) is 12.1 Å². The predicted octanol–water partition coefficient (Wildman–Crippen LogP) is 3.28. The standard InChI is InChI=1S/C18H29FN4O/c1-13(2)23(5)16-8-7-14(11-15(16)19)20-17(24)21-18(9-6-10-18)12-22(3)4/h7-8,11,13H,6,9-10,12H2,1-5H3,(H2,20,21,24). The average Bonchev–Trinajstić information content (AvgIpc) is 2.43. The molecular formula is C18H29FN4O. The van der Waals surface area contributed by atoms with Crippen LogP contribution in [0.4, 0.5) is 20.6 Å². The average molecular weight is 336 g/mol. The van der Waals surface area contributed by atoms with Crippen molar-refractivity contribution in [1.82, 2.24) is 10.2 Å². The minimum Gasteiger partial charge on any atom is -0.370 e. The summed E-state index contributed by atoms with van der Waals surface area (Å²) in [5.74, 6) is -0.337. The molecule has 0 spiro atoms. The lowest BCUT2D eigenvalue weighted by molar-refractivity contribution is 0.144. The van der Waals surface area contributed by atoms with Crippen LogP contribution >= 0.6 is 0 Å². The van der Waals surface area contributed by atoms with Crippen molar-refractivity contribution in [2.45, 2.75) is 44.7 Å². The number of hydrogen-bond acceptors (Lipinski definition) is 3. The van der Waals surface area contributed by atoms with Crippen LogP contribution < -0.4 is 15.5 Å². The van der Waals surface area contributed by atoms with Crippen LogP contribution in [0, 0.1) is 5.82 Å². The molecule has 0 heterocycles. The van der Waals surface area contributed by atoms with Crippen LogP contribution in [0.1, 0.15) is 33.1 Å².